The largest absolute Gasteiger partial charge is 0.452 e. The van der Waals surface area contributed by atoms with Gasteiger partial charge >= 0.3 is 5.97 Å². The number of carbonyl (C=O) groups is 4. The average Bonchev–Trinajstić information content (AvgIpc) is 3.01. The average molecular weight is 380 g/mol. The van der Waals surface area contributed by atoms with Crippen molar-refractivity contribution in [1.82, 2.24) is 0 Å². The van der Waals surface area contributed by atoms with E-state index in [-0.39, 0.29) is 30.2 Å². The molecule has 0 spiro atoms. The first-order valence-corrected chi connectivity index (χ1v) is 8.86. The summed E-state index contributed by atoms with van der Waals surface area (Å²) in [6, 6.07) is 11.6. The van der Waals surface area contributed by atoms with Gasteiger partial charge in [0.2, 0.25) is 11.8 Å². The Morgan fingerprint density at radius 1 is 0.964 bits per heavy atom. The van der Waals surface area contributed by atoms with Crippen molar-refractivity contribution in [3.63, 3.8) is 0 Å². The van der Waals surface area contributed by atoms with Crippen molar-refractivity contribution in [1.29, 1.82) is 0 Å². The number of imide groups is 1. The van der Waals surface area contributed by atoms with Gasteiger partial charge in [0.15, 0.2) is 6.61 Å². The minimum absolute atomic E-state index is 0.193. The Labute approximate surface area is 162 Å². The van der Waals surface area contributed by atoms with Crippen LogP contribution in [0.25, 0.3) is 0 Å². The molecule has 3 rings (SSSR count). The SMILES string of the molecule is Cc1cccc(C)c1NC(=O)COC(=O)c1ccc(N2C(=O)CCC2=O)cc1. The van der Waals surface area contributed by atoms with E-state index in [0.29, 0.717) is 11.4 Å². The van der Waals surface area contributed by atoms with Gasteiger partial charge in [-0.15, -0.1) is 0 Å². The minimum Gasteiger partial charge on any atom is -0.452 e. The first-order chi connectivity index (χ1) is 13.4. The number of para-hydroxylation sites is 1. The molecule has 7 heteroatoms. The number of carbonyl (C=O) groups excluding carboxylic acids is 4. The molecule has 0 unspecified atom stereocenters. The fraction of sp³-hybridized carbons (Fsp3) is 0.238. The molecule has 1 heterocycles. The van der Waals surface area contributed by atoms with E-state index in [0.717, 1.165) is 16.0 Å². The number of hydrogen-bond donors (Lipinski definition) is 1. The van der Waals surface area contributed by atoms with Gasteiger partial charge in [-0.1, -0.05) is 18.2 Å². The Hall–Kier alpha value is -3.48. The number of benzene rings is 2. The lowest BCUT2D eigenvalue weighted by Crippen LogP contribution is -2.28. The Balaban J connectivity index is 1.58. The third-order valence-electron chi connectivity index (χ3n) is 4.49. The number of amides is 3. The van der Waals surface area contributed by atoms with E-state index < -0.39 is 18.5 Å². The number of anilines is 2. The van der Waals surface area contributed by atoms with Crippen LogP contribution in [-0.2, 0) is 19.1 Å². The van der Waals surface area contributed by atoms with Crippen molar-refractivity contribution in [2.24, 2.45) is 0 Å². The molecule has 7 nitrogen and oxygen atoms in total. The Kier molecular flexibility index (Phi) is 5.54. The molecular formula is C21H20N2O5. The quantitative estimate of drug-likeness (QED) is 0.636. The van der Waals surface area contributed by atoms with Crippen LogP contribution in [-0.4, -0.2) is 30.3 Å². The summed E-state index contributed by atoms with van der Waals surface area (Å²) in [5, 5.41) is 2.74. The van der Waals surface area contributed by atoms with Gasteiger partial charge in [0.25, 0.3) is 5.91 Å². The predicted octanol–water partition coefficient (Wildman–Crippen LogP) is 2.75. The highest BCUT2D eigenvalue weighted by atomic mass is 16.5. The highest BCUT2D eigenvalue weighted by Gasteiger charge is 2.30. The lowest BCUT2D eigenvalue weighted by Gasteiger charge is -2.14. The standard InChI is InChI=1S/C21H20N2O5/c1-13-4-3-5-14(2)20(13)22-17(24)12-28-21(27)15-6-8-16(9-7-15)23-18(25)10-11-19(23)26/h3-9H,10-12H2,1-2H3,(H,22,24). The molecule has 1 saturated heterocycles. The van der Waals surface area contributed by atoms with Crippen molar-refractivity contribution >= 4 is 35.1 Å². The van der Waals surface area contributed by atoms with Gasteiger partial charge in [-0.3, -0.25) is 19.3 Å². The number of rotatable bonds is 5. The maximum atomic E-state index is 12.1. The monoisotopic (exact) mass is 380 g/mol. The molecule has 144 valence electrons. The molecule has 0 aliphatic carbocycles. The maximum Gasteiger partial charge on any atom is 0.338 e. The second kappa shape index (κ2) is 8.04. The summed E-state index contributed by atoms with van der Waals surface area (Å²) < 4.78 is 5.05. The second-order valence-electron chi connectivity index (χ2n) is 6.56. The maximum absolute atomic E-state index is 12.1. The van der Waals surface area contributed by atoms with Gasteiger partial charge in [0.05, 0.1) is 11.3 Å². The van der Waals surface area contributed by atoms with E-state index in [1.807, 2.05) is 32.0 Å². The van der Waals surface area contributed by atoms with E-state index >= 15 is 0 Å². The van der Waals surface area contributed by atoms with E-state index in [9.17, 15) is 19.2 Å². The number of ether oxygens (including phenoxy) is 1. The second-order valence-corrected chi connectivity index (χ2v) is 6.56. The van der Waals surface area contributed by atoms with Crippen molar-refractivity contribution in [3.05, 3.63) is 59.2 Å². The topological polar surface area (TPSA) is 92.8 Å². The molecule has 28 heavy (non-hydrogen) atoms. The zero-order valence-corrected chi connectivity index (χ0v) is 15.7. The van der Waals surface area contributed by atoms with E-state index in [4.69, 9.17) is 4.74 Å². The summed E-state index contributed by atoms with van der Waals surface area (Å²) in [5.41, 5.74) is 3.18. The number of aryl methyl sites for hydroxylation is 2. The van der Waals surface area contributed by atoms with Crippen molar-refractivity contribution in [2.75, 3.05) is 16.8 Å². The zero-order valence-electron chi connectivity index (χ0n) is 15.7. The minimum atomic E-state index is -0.665. The first kappa shape index (κ1) is 19.3. The summed E-state index contributed by atoms with van der Waals surface area (Å²) in [6.07, 6.45) is 0.385. The molecule has 1 N–H and O–H groups in total. The van der Waals surface area contributed by atoms with Crippen LogP contribution in [0, 0.1) is 13.8 Å². The molecule has 1 aliphatic heterocycles. The molecular weight excluding hydrogens is 360 g/mol. The van der Waals surface area contributed by atoms with Crippen LogP contribution in [0.4, 0.5) is 11.4 Å². The predicted molar refractivity (Wildman–Crippen MR) is 103 cm³/mol. The number of nitrogens with zero attached hydrogens (tertiary/aromatic N) is 1. The van der Waals surface area contributed by atoms with Gasteiger partial charge in [0.1, 0.15) is 0 Å². The molecule has 1 aliphatic rings. The summed E-state index contributed by atoms with van der Waals surface area (Å²) >= 11 is 0. The molecule has 0 radical (unpaired) electrons. The summed E-state index contributed by atoms with van der Waals surface area (Å²) in [7, 11) is 0. The smallest absolute Gasteiger partial charge is 0.338 e. The van der Waals surface area contributed by atoms with E-state index in [1.165, 1.54) is 24.3 Å². The van der Waals surface area contributed by atoms with Crippen LogP contribution in [0.5, 0.6) is 0 Å². The molecule has 0 atom stereocenters. The summed E-state index contributed by atoms with van der Waals surface area (Å²) in [4.78, 5) is 48.8. The first-order valence-electron chi connectivity index (χ1n) is 8.86. The number of hydrogen-bond acceptors (Lipinski definition) is 5. The van der Waals surface area contributed by atoms with E-state index in [2.05, 4.69) is 5.32 Å². The van der Waals surface area contributed by atoms with Crippen molar-refractivity contribution in [3.8, 4) is 0 Å². The van der Waals surface area contributed by atoms with E-state index in [1.54, 1.807) is 0 Å². The fourth-order valence-electron chi connectivity index (χ4n) is 3.01. The van der Waals surface area contributed by atoms with Crippen LogP contribution in [0.3, 0.4) is 0 Å². The van der Waals surface area contributed by atoms with Crippen LogP contribution in [0.15, 0.2) is 42.5 Å². The summed E-state index contributed by atoms with van der Waals surface area (Å²) in [5.74, 6) is -1.62. The fourth-order valence-corrected chi connectivity index (χ4v) is 3.01. The lowest BCUT2D eigenvalue weighted by molar-refractivity contribution is -0.121. The van der Waals surface area contributed by atoms with Crippen LogP contribution in [0.1, 0.15) is 34.3 Å². The highest BCUT2D eigenvalue weighted by molar-refractivity contribution is 6.19. The lowest BCUT2D eigenvalue weighted by atomic mass is 10.1. The Morgan fingerprint density at radius 2 is 1.54 bits per heavy atom. The number of nitrogens with one attached hydrogen (secondary N) is 1. The third kappa shape index (κ3) is 4.09. The molecule has 2 aromatic rings. The van der Waals surface area contributed by atoms with Crippen molar-refractivity contribution < 1.29 is 23.9 Å². The molecule has 3 amide bonds. The van der Waals surface area contributed by atoms with Gasteiger partial charge in [-0.25, -0.2) is 4.79 Å². The molecule has 0 saturated carbocycles. The third-order valence-corrected chi connectivity index (χ3v) is 4.49. The molecule has 1 fully saturated rings. The van der Waals surface area contributed by atoms with Gasteiger partial charge in [-0.05, 0) is 49.2 Å². The molecule has 2 aromatic carbocycles. The van der Waals surface area contributed by atoms with Gasteiger partial charge < -0.3 is 10.1 Å². The highest BCUT2D eigenvalue weighted by Crippen LogP contribution is 2.23. The van der Waals surface area contributed by atoms with Gasteiger partial charge in [-0.2, -0.15) is 0 Å². The van der Waals surface area contributed by atoms with Crippen molar-refractivity contribution in [2.45, 2.75) is 26.7 Å². The Bertz CT molecular complexity index is 914. The molecule has 0 aromatic heterocycles. The van der Waals surface area contributed by atoms with Crippen LogP contribution < -0.4 is 10.2 Å². The number of esters is 1. The normalized spacial score (nSPS) is 13.6. The zero-order chi connectivity index (χ0) is 20.3. The van der Waals surface area contributed by atoms with Crippen LogP contribution in [0.2, 0.25) is 0 Å². The van der Waals surface area contributed by atoms with Crippen LogP contribution >= 0.6 is 0 Å². The molecule has 0 bridgehead atoms. The summed E-state index contributed by atoms with van der Waals surface area (Å²) in [6.45, 7) is 3.34. The van der Waals surface area contributed by atoms with Gasteiger partial charge in [0, 0.05) is 18.5 Å². The Morgan fingerprint density at radius 3 is 2.11 bits per heavy atom.